The fourth-order valence-corrected chi connectivity index (χ4v) is 12.3. The van der Waals surface area contributed by atoms with Crippen LogP contribution in [0.25, 0.3) is 88.6 Å². The normalized spacial score (nSPS) is 12.7. The summed E-state index contributed by atoms with van der Waals surface area (Å²) in [4.78, 5) is 2.35. The van der Waals surface area contributed by atoms with E-state index in [4.69, 9.17) is 0 Å². The van der Waals surface area contributed by atoms with Gasteiger partial charge in [-0.25, -0.2) is 0 Å². The van der Waals surface area contributed by atoms with Gasteiger partial charge in [-0.05, 0) is 165 Å². The molecule has 75 heavy (non-hydrogen) atoms. The Balaban J connectivity index is 0.900. The third-order valence-electron chi connectivity index (χ3n) is 15.8. The van der Waals surface area contributed by atoms with Gasteiger partial charge in [-0.2, -0.15) is 0 Å². The molecule has 0 fully saturated rings. The highest BCUT2D eigenvalue weighted by molar-refractivity contribution is 6.23. The summed E-state index contributed by atoms with van der Waals surface area (Å²) in [7, 11) is 0. The van der Waals surface area contributed by atoms with Crippen LogP contribution in [-0.2, 0) is 5.41 Å². The first-order valence-corrected chi connectivity index (χ1v) is 26.1. The fourth-order valence-electron chi connectivity index (χ4n) is 12.3. The molecule has 0 unspecified atom stereocenters. The van der Waals surface area contributed by atoms with Crippen molar-refractivity contribution < 1.29 is 0 Å². The van der Waals surface area contributed by atoms with Crippen molar-refractivity contribution in [2.75, 3.05) is 4.90 Å². The summed E-state index contributed by atoms with van der Waals surface area (Å²) >= 11 is 0. The van der Waals surface area contributed by atoms with E-state index in [1.807, 2.05) is 0 Å². The average Bonchev–Trinajstić information content (AvgIpc) is 3.78. The van der Waals surface area contributed by atoms with Crippen molar-refractivity contribution in [3.63, 3.8) is 0 Å². The highest BCUT2D eigenvalue weighted by Gasteiger charge is 2.46. The largest absolute Gasteiger partial charge is 0.310 e. The molecule has 1 nitrogen and oxygen atoms in total. The van der Waals surface area contributed by atoms with Gasteiger partial charge in [-0.3, -0.25) is 0 Å². The number of nitrogens with zero attached hydrogens (tertiary/aromatic N) is 1. The average molecular weight is 954 g/mol. The fraction of sp³-hybridized carbons (Fsp3) is 0.0270. The molecular weight excluding hydrogens is 903 g/mol. The van der Waals surface area contributed by atoms with Gasteiger partial charge in [0.15, 0.2) is 0 Å². The summed E-state index contributed by atoms with van der Waals surface area (Å²) in [5.74, 6) is 0. The second kappa shape index (κ2) is 18.2. The molecule has 1 aliphatic carbocycles. The Hall–Kier alpha value is -9.56. The maximum absolute atomic E-state index is 2.52. The number of fused-ring (bicyclic) bond motifs is 7. The molecule has 0 saturated heterocycles. The summed E-state index contributed by atoms with van der Waals surface area (Å²) in [5.41, 5.74) is 18.9. The molecule has 13 aromatic rings. The van der Waals surface area contributed by atoms with E-state index in [9.17, 15) is 0 Å². The molecule has 14 rings (SSSR count). The number of rotatable bonds is 9. The lowest BCUT2D eigenvalue weighted by molar-refractivity contribution is 0.768. The lowest BCUT2D eigenvalue weighted by atomic mass is 9.67. The zero-order chi connectivity index (χ0) is 49.9. The Kier molecular flexibility index (Phi) is 10.7. The number of aryl methyl sites for hydroxylation is 1. The predicted octanol–water partition coefficient (Wildman–Crippen LogP) is 19.9. The van der Waals surface area contributed by atoms with Gasteiger partial charge in [0.25, 0.3) is 0 Å². The van der Waals surface area contributed by atoms with Crippen LogP contribution < -0.4 is 4.90 Å². The molecule has 13 aromatic carbocycles. The van der Waals surface area contributed by atoms with Crippen LogP contribution in [-0.4, -0.2) is 0 Å². The third-order valence-corrected chi connectivity index (χ3v) is 15.8. The molecule has 0 radical (unpaired) electrons. The number of benzene rings is 13. The van der Waals surface area contributed by atoms with E-state index in [1.54, 1.807) is 0 Å². The van der Waals surface area contributed by atoms with Crippen LogP contribution in [0.2, 0.25) is 0 Å². The van der Waals surface area contributed by atoms with Crippen LogP contribution in [0.1, 0.15) is 38.9 Å². The van der Waals surface area contributed by atoms with Crippen LogP contribution in [0.4, 0.5) is 17.1 Å². The van der Waals surface area contributed by atoms with Crippen molar-refractivity contribution in [1.29, 1.82) is 0 Å². The lowest BCUT2D eigenvalue weighted by Gasteiger charge is -2.34. The summed E-state index contributed by atoms with van der Waals surface area (Å²) in [6, 6.07) is 103. The minimum Gasteiger partial charge on any atom is -0.310 e. The monoisotopic (exact) mass is 953 g/mol. The molecule has 0 N–H and O–H groups in total. The van der Waals surface area contributed by atoms with E-state index in [2.05, 4.69) is 303 Å². The summed E-state index contributed by atoms with van der Waals surface area (Å²) in [6.07, 6.45) is 4.53. The highest BCUT2D eigenvalue weighted by atomic mass is 15.1. The summed E-state index contributed by atoms with van der Waals surface area (Å²) in [5, 5.41) is 9.96. The standard InChI is InChI=1S/C74H51N/c1-50-31-40-59(41-32-50)75(61-44-38-53-17-8-9-19-55(53)48-61)60-42-35-51(36-43-60)33-34-52-37-45-63-64-46-39-56(49-71(64)74(70(63)47-52,57-21-4-2-5-22-57)58-23-6-3-7-24-58)72-66-26-12-14-28-68(66)73(69-29-15-13-27-67(69)72)65-30-16-20-54-18-10-11-25-62(54)65/h2-49H,1H3. The topological polar surface area (TPSA) is 3.24 Å². The molecule has 0 saturated carbocycles. The van der Waals surface area contributed by atoms with Gasteiger partial charge in [-0.15, -0.1) is 0 Å². The maximum atomic E-state index is 2.52. The molecule has 0 bridgehead atoms. The van der Waals surface area contributed by atoms with Crippen LogP contribution >= 0.6 is 0 Å². The molecule has 0 aromatic heterocycles. The number of hydrogen-bond donors (Lipinski definition) is 0. The SMILES string of the molecule is Cc1ccc(N(c2ccc(C=Cc3ccc4c(c3)C(c3ccccc3)(c3ccccc3)c3cc(-c5c6ccccc6c(-c6cccc7ccccc67)c6ccccc56)ccc3-4)cc2)c2ccc3ccccc3c2)cc1. The second-order valence-corrected chi connectivity index (χ2v) is 20.0. The minimum atomic E-state index is -0.592. The van der Waals surface area contributed by atoms with E-state index in [1.165, 1.54) is 104 Å². The van der Waals surface area contributed by atoms with E-state index in [0.29, 0.717) is 0 Å². The van der Waals surface area contributed by atoms with Crippen molar-refractivity contribution >= 4 is 72.3 Å². The third kappa shape index (κ3) is 7.39. The van der Waals surface area contributed by atoms with Crippen LogP contribution in [0.5, 0.6) is 0 Å². The Morgan fingerprint density at radius 3 is 1.44 bits per heavy atom. The summed E-state index contributed by atoms with van der Waals surface area (Å²) < 4.78 is 0. The van der Waals surface area contributed by atoms with Crippen molar-refractivity contribution in [3.05, 3.63) is 318 Å². The van der Waals surface area contributed by atoms with Gasteiger partial charge in [-0.1, -0.05) is 248 Å². The van der Waals surface area contributed by atoms with Gasteiger partial charge >= 0.3 is 0 Å². The van der Waals surface area contributed by atoms with E-state index in [0.717, 1.165) is 28.2 Å². The number of anilines is 3. The maximum Gasteiger partial charge on any atom is 0.0713 e. The van der Waals surface area contributed by atoms with Crippen molar-refractivity contribution in [2.24, 2.45) is 0 Å². The van der Waals surface area contributed by atoms with Crippen LogP contribution in [0.15, 0.2) is 279 Å². The Morgan fingerprint density at radius 1 is 0.307 bits per heavy atom. The molecule has 0 heterocycles. The van der Waals surface area contributed by atoms with E-state index in [-0.39, 0.29) is 0 Å². The molecule has 0 spiro atoms. The molecule has 1 heteroatoms. The molecular formula is C74H51N. The first kappa shape index (κ1) is 44.2. The molecule has 1 aliphatic rings. The Morgan fingerprint density at radius 2 is 0.787 bits per heavy atom. The molecule has 0 atom stereocenters. The van der Waals surface area contributed by atoms with Gasteiger partial charge in [0.2, 0.25) is 0 Å². The first-order valence-electron chi connectivity index (χ1n) is 26.1. The quantitative estimate of drug-likeness (QED) is 0.103. The molecule has 0 aliphatic heterocycles. The van der Waals surface area contributed by atoms with E-state index < -0.39 is 5.41 Å². The molecule has 0 amide bonds. The smallest absolute Gasteiger partial charge is 0.0713 e. The summed E-state index contributed by atoms with van der Waals surface area (Å²) in [6.45, 7) is 2.14. The van der Waals surface area contributed by atoms with Crippen LogP contribution in [0.3, 0.4) is 0 Å². The molecule has 352 valence electrons. The Labute approximate surface area is 438 Å². The first-order chi connectivity index (χ1) is 37.1. The lowest BCUT2D eigenvalue weighted by Crippen LogP contribution is -2.28. The predicted molar refractivity (Wildman–Crippen MR) is 319 cm³/mol. The minimum absolute atomic E-state index is 0.592. The van der Waals surface area contributed by atoms with E-state index >= 15 is 0 Å². The van der Waals surface area contributed by atoms with Crippen molar-refractivity contribution in [3.8, 4) is 33.4 Å². The zero-order valence-corrected chi connectivity index (χ0v) is 41.7. The second-order valence-electron chi connectivity index (χ2n) is 20.0. The Bertz CT molecular complexity index is 4240. The van der Waals surface area contributed by atoms with Gasteiger partial charge in [0, 0.05) is 17.1 Å². The van der Waals surface area contributed by atoms with Crippen molar-refractivity contribution in [1.82, 2.24) is 0 Å². The van der Waals surface area contributed by atoms with Gasteiger partial charge in [0.1, 0.15) is 0 Å². The highest BCUT2D eigenvalue weighted by Crippen LogP contribution is 2.58. The zero-order valence-electron chi connectivity index (χ0n) is 41.7. The number of hydrogen-bond acceptors (Lipinski definition) is 1. The van der Waals surface area contributed by atoms with Gasteiger partial charge in [0.05, 0.1) is 5.41 Å². The van der Waals surface area contributed by atoms with Crippen molar-refractivity contribution in [2.45, 2.75) is 12.3 Å². The van der Waals surface area contributed by atoms with Gasteiger partial charge < -0.3 is 4.90 Å². The van der Waals surface area contributed by atoms with Crippen LogP contribution in [0, 0.1) is 6.92 Å².